The molecule has 1 saturated heterocycles. The molecule has 2 aromatic heterocycles. The van der Waals surface area contributed by atoms with E-state index in [-0.39, 0.29) is 6.10 Å². The van der Waals surface area contributed by atoms with Gasteiger partial charge in [0.05, 0.1) is 24.1 Å². The topological polar surface area (TPSA) is 43.2 Å². The third kappa shape index (κ3) is 4.15. The monoisotopic (exact) mass is 348 g/mol. The van der Waals surface area contributed by atoms with Gasteiger partial charge in [-0.2, -0.15) is 5.10 Å². The first-order chi connectivity index (χ1) is 11.7. The standard InChI is InChI=1S/C18H25ClN4O/c1-3-17-16(18(19)22(2)21-17)12-23-10-6-8-15(11-23)24-13-14-7-4-5-9-20-14/h4-5,7,9,15H,3,6,8,10-13H2,1-2H3/t15-/m0/s1. The molecule has 24 heavy (non-hydrogen) atoms. The number of rotatable bonds is 6. The zero-order valence-electron chi connectivity index (χ0n) is 14.4. The van der Waals surface area contributed by atoms with E-state index in [9.17, 15) is 0 Å². The Hall–Kier alpha value is -1.43. The molecule has 1 atom stereocenters. The molecule has 0 amide bonds. The first-order valence-electron chi connectivity index (χ1n) is 8.61. The lowest BCUT2D eigenvalue weighted by molar-refractivity contribution is -0.0133. The lowest BCUT2D eigenvalue weighted by Gasteiger charge is -2.32. The Morgan fingerprint density at radius 1 is 1.38 bits per heavy atom. The number of piperidine rings is 1. The minimum absolute atomic E-state index is 0.251. The van der Waals surface area contributed by atoms with Crippen molar-refractivity contribution in [3.05, 3.63) is 46.5 Å². The average Bonchev–Trinajstić information content (AvgIpc) is 2.89. The maximum absolute atomic E-state index is 6.42. The van der Waals surface area contributed by atoms with Crippen LogP contribution in [0.2, 0.25) is 5.15 Å². The number of pyridine rings is 1. The molecule has 3 heterocycles. The van der Waals surface area contributed by atoms with Gasteiger partial charge in [-0.1, -0.05) is 24.6 Å². The zero-order valence-corrected chi connectivity index (χ0v) is 15.2. The lowest BCUT2D eigenvalue weighted by atomic mass is 10.1. The van der Waals surface area contributed by atoms with E-state index in [4.69, 9.17) is 16.3 Å². The van der Waals surface area contributed by atoms with Gasteiger partial charge in [-0.25, -0.2) is 0 Å². The maximum atomic E-state index is 6.42. The number of nitrogens with zero attached hydrogens (tertiary/aromatic N) is 4. The number of aryl methyl sites for hydroxylation is 2. The van der Waals surface area contributed by atoms with Crippen molar-refractivity contribution in [2.24, 2.45) is 7.05 Å². The van der Waals surface area contributed by atoms with Gasteiger partial charge in [0.1, 0.15) is 5.15 Å². The molecule has 1 aliphatic heterocycles. The van der Waals surface area contributed by atoms with Gasteiger partial charge in [-0.15, -0.1) is 0 Å². The molecule has 0 unspecified atom stereocenters. The Morgan fingerprint density at radius 3 is 3.00 bits per heavy atom. The van der Waals surface area contributed by atoms with Crippen molar-refractivity contribution in [3.8, 4) is 0 Å². The van der Waals surface area contributed by atoms with Crippen molar-refractivity contribution < 1.29 is 4.74 Å². The number of likely N-dealkylation sites (tertiary alicyclic amines) is 1. The van der Waals surface area contributed by atoms with Crippen LogP contribution >= 0.6 is 11.6 Å². The number of ether oxygens (including phenoxy) is 1. The van der Waals surface area contributed by atoms with E-state index in [1.165, 1.54) is 0 Å². The molecule has 2 aromatic rings. The van der Waals surface area contributed by atoms with Crippen LogP contribution in [0.25, 0.3) is 0 Å². The van der Waals surface area contributed by atoms with Gasteiger partial charge in [0.25, 0.3) is 0 Å². The maximum Gasteiger partial charge on any atom is 0.131 e. The Morgan fingerprint density at radius 2 is 2.25 bits per heavy atom. The predicted molar refractivity (Wildman–Crippen MR) is 94.9 cm³/mol. The van der Waals surface area contributed by atoms with Crippen molar-refractivity contribution in [3.63, 3.8) is 0 Å². The molecule has 0 spiro atoms. The molecule has 3 rings (SSSR count). The van der Waals surface area contributed by atoms with Gasteiger partial charge in [0.15, 0.2) is 0 Å². The third-order valence-corrected chi connectivity index (χ3v) is 5.00. The van der Waals surface area contributed by atoms with Crippen LogP contribution in [0, 0.1) is 0 Å². The number of halogens is 1. The highest BCUT2D eigenvalue weighted by atomic mass is 35.5. The number of aromatic nitrogens is 3. The van der Waals surface area contributed by atoms with Gasteiger partial charge >= 0.3 is 0 Å². The Kier molecular flexibility index (Phi) is 5.87. The van der Waals surface area contributed by atoms with Crippen molar-refractivity contribution >= 4 is 11.6 Å². The predicted octanol–water partition coefficient (Wildman–Crippen LogP) is 3.21. The Labute approximate surface area is 148 Å². The lowest BCUT2D eigenvalue weighted by Crippen LogP contribution is -2.39. The highest BCUT2D eigenvalue weighted by Crippen LogP contribution is 2.24. The molecule has 1 fully saturated rings. The highest BCUT2D eigenvalue weighted by molar-refractivity contribution is 6.30. The summed E-state index contributed by atoms with van der Waals surface area (Å²) in [7, 11) is 1.90. The Bertz CT molecular complexity index is 659. The van der Waals surface area contributed by atoms with E-state index >= 15 is 0 Å². The van der Waals surface area contributed by atoms with E-state index in [1.54, 1.807) is 4.68 Å². The molecular formula is C18H25ClN4O. The fraction of sp³-hybridized carbons (Fsp3) is 0.556. The molecule has 130 valence electrons. The van der Waals surface area contributed by atoms with Gasteiger partial charge in [-0.05, 0) is 37.9 Å². The number of hydrogen-bond donors (Lipinski definition) is 0. The summed E-state index contributed by atoms with van der Waals surface area (Å²) in [5, 5.41) is 5.26. The molecule has 6 heteroatoms. The van der Waals surface area contributed by atoms with Crippen LogP contribution in [0.1, 0.15) is 36.7 Å². The average molecular weight is 349 g/mol. The fourth-order valence-corrected chi connectivity index (χ4v) is 3.45. The zero-order chi connectivity index (χ0) is 16.9. The second kappa shape index (κ2) is 8.10. The van der Waals surface area contributed by atoms with E-state index in [2.05, 4.69) is 21.9 Å². The van der Waals surface area contributed by atoms with Crippen molar-refractivity contribution in [2.45, 2.75) is 45.4 Å². The smallest absolute Gasteiger partial charge is 0.131 e. The molecule has 0 bridgehead atoms. The van der Waals surface area contributed by atoms with Crippen molar-refractivity contribution in [1.29, 1.82) is 0 Å². The SMILES string of the molecule is CCc1nn(C)c(Cl)c1CN1CCC[C@H](OCc2ccccn2)C1. The third-order valence-electron chi connectivity index (χ3n) is 4.52. The van der Waals surface area contributed by atoms with Crippen molar-refractivity contribution in [1.82, 2.24) is 19.7 Å². The van der Waals surface area contributed by atoms with E-state index in [1.807, 2.05) is 31.4 Å². The molecule has 0 saturated carbocycles. The summed E-state index contributed by atoms with van der Waals surface area (Å²) in [6, 6.07) is 5.92. The van der Waals surface area contributed by atoms with Crippen molar-refractivity contribution in [2.75, 3.05) is 13.1 Å². The molecule has 0 aromatic carbocycles. The normalized spacial score (nSPS) is 18.9. The van der Waals surface area contributed by atoms with Crippen LogP contribution < -0.4 is 0 Å². The summed E-state index contributed by atoms with van der Waals surface area (Å²) in [6.45, 7) is 5.56. The van der Waals surface area contributed by atoms with Gasteiger partial charge in [-0.3, -0.25) is 14.6 Å². The first kappa shape index (κ1) is 17.4. The highest BCUT2D eigenvalue weighted by Gasteiger charge is 2.23. The molecule has 1 aliphatic rings. The van der Waals surface area contributed by atoms with E-state index < -0.39 is 0 Å². The number of hydrogen-bond acceptors (Lipinski definition) is 4. The minimum atomic E-state index is 0.251. The van der Waals surface area contributed by atoms with Gasteiger partial charge in [0, 0.05) is 31.9 Å². The van der Waals surface area contributed by atoms with Crippen LogP contribution in [0.5, 0.6) is 0 Å². The molecular weight excluding hydrogens is 324 g/mol. The second-order valence-corrected chi connectivity index (χ2v) is 6.68. The van der Waals surface area contributed by atoms with Crippen LogP contribution in [-0.2, 0) is 31.4 Å². The summed E-state index contributed by atoms with van der Waals surface area (Å²) < 4.78 is 7.84. The Balaban J connectivity index is 1.58. The van der Waals surface area contributed by atoms with E-state index in [0.29, 0.717) is 6.61 Å². The summed E-state index contributed by atoms with van der Waals surface area (Å²) >= 11 is 6.42. The second-order valence-electron chi connectivity index (χ2n) is 6.32. The molecule has 0 N–H and O–H groups in total. The minimum Gasteiger partial charge on any atom is -0.371 e. The first-order valence-corrected chi connectivity index (χ1v) is 8.99. The largest absolute Gasteiger partial charge is 0.371 e. The quantitative estimate of drug-likeness (QED) is 0.804. The summed E-state index contributed by atoms with van der Waals surface area (Å²) in [4.78, 5) is 6.75. The van der Waals surface area contributed by atoms with Crippen LogP contribution in [0.3, 0.4) is 0 Å². The fourth-order valence-electron chi connectivity index (χ4n) is 3.24. The van der Waals surface area contributed by atoms with Gasteiger partial charge in [0.2, 0.25) is 0 Å². The molecule has 0 radical (unpaired) electrons. The van der Waals surface area contributed by atoms with Crippen LogP contribution in [-0.4, -0.2) is 38.9 Å². The molecule has 0 aliphatic carbocycles. The van der Waals surface area contributed by atoms with Crippen LogP contribution in [0.15, 0.2) is 24.4 Å². The van der Waals surface area contributed by atoms with Gasteiger partial charge < -0.3 is 4.74 Å². The summed E-state index contributed by atoms with van der Waals surface area (Å²) in [6.07, 6.45) is 5.21. The molecule has 5 nitrogen and oxygen atoms in total. The summed E-state index contributed by atoms with van der Waals surface area (Å²) in [5.41, 5.74) is 3.24. The summed E-state index contributed by atoms with van der Waals surface area (Å²) in [5.74, 6) is 0. The van der Waals surface area contributed by atoms with Crippen LogP contribution in [0.4, 0.5) is 0 Å². The van der Waals surface area contributed by atoms with E-state index in [0.717, 1.165) is 61.0 Å².